The fraction of sp³-hybridized carbons (Fsp3) is 0.607. The van der Waals surface area contributed by atoms with Crippen LogP contribution in [0.1, 0.15) is 71.5 Å². The minimum Gasteiger partial charge on any atom is -0.481 e. The number of Topliss-reactive ketones (excluding diaryl/α,β-unsaturated/α-hetero) is 1. The summed E-state index contributed by atoms with van der Waals surface area (Å²) in [5, 5.41) is 23.0. The van der Waals surface area contributed by atoms with E-state index in [1.165, 1.54) is 6.26 Å². The second kappa shape index (κ2) is 13.5. The van der Waals surface area contributed by atoms with Crippen LogP contribution in [0.15, 0.2) is 39.6 Å². The molecule has 6 unspecified atom stereocenters. The van der Waals surface area contributed by atoms with Gasteiger partial charge in [0.15, 0.2) is 12.4 Å². The number of ether oxygens (including phenoxy) is 1. The Labute approximate surface area is 222 Å². The topological polar surface area (TPSA) is 153 Å². The summed E-state index contributed by atoms with van der Waals surface area (Å²) >= 11 is 0. The monoisotopic (exact) mass is 531 g/mol. The number of aliphatic hydroxyl groups is 1. The number of furan rings is 1. The zero-order chi connectivity index (χ0) is 27.8. The Morgan fingerprint density at radius 3 is 2.68 bits per heavy atom. The molecule has 0 aromatic carbocycles. The number of rotatable bonds is 13. The maximum absolute atomic E-state index is 13.0. The molecule has 1 heterocycles. The number of aliphatic carboxylic acids is 1. The average molecular weight is 532 g/mol. The van der Waals surface area contributed by atoms with Crippen LogP contribution in [-0.2, 0) is 35.4 Å². The number of fused-ring (bicyclic) bond motifs is 1. The first-order valence-electron chi connectivity index (χ1n) is 13.2. The highest BCUT2D eigenvalue weighted by Crippen LogP contribution is 2.44. The predicted molar refractivity (Wildman–Crippen MR) is 136 cm³/mol. The SMILES string of the molecule is CCC(C)C(=O)OC1CC/C(=N\OCc2ccco2)C2=CC(=O)C(C)C(CCC(=O)CC(O)CC(=O)O)C21. The average Bonchev–Trinajstić information content (AvgIpc) is 3.38. The second-order valence-electron chi connectivity index (χ2n) is 10.2. The van der Waals surface area contributed by atoms with Crippen molar-refractivity contribution >= 4 is 29.2 Å². The van der Waals surface area contributed by atoms with Gasteiger partial charge < -0.3 is 24.2 Å². The molecule has 2 aliphatic rings. The van der Waals surface area contributed by atoms with Gasteiger partial charge in [-0.3, -0.25) is 19.2 Å². The third kappa shape index (κ3) is 7.63. The molecule has 0 saturated heterocycles. The number of esters is 1. The molecule has 0 amide bonds. The Bertz CT molecular complexity index is 1060. The molecule has 1 fully saturated rings. The number of aliphatic hydroxyl groups excluding tert-OH is 1. The van der Waals surface area contributed by atoms with Crippen LogP contribution in [0.2, 0.25) is 0 Å². The molecule has 3 rings (SSSR count). The number of hydrogen-bond acceptors (Lipinski definition) is 9. The van der Waals surface area contributed by atoms with Crippen molar-refractivity contribution in [2.24, 2.45) is 28.8 Å². The lowest BCUT2D eigenvalue weighted by Gasteiger charge is -2.43. The number of carboxylic acid groups (broad SMARTS) is 1. The molecule has 38 heavy (non-hydrogen) atoms. The second-order valence-corrected chi connectivity index (χ2v) is 10.2. The van der Waals surface area contributed by atoms with Crippen LogP contribution >= 0.6 is 0 Å². The zero-order valence-electron chi connectivity index (χ0n) is 22.1. The smallest absolute Gasteiger partial charge is 0.308 e. The molecule has 2 N–H and O–H groups in total. The zero-order valence-corrected chi connectivity index (χ0v) is 22.1. The van der Waals surface area contributed by atoms with Crippen LogP contribution in [0.3, 0.4) is 0 Å². The molecule has 0 bridgehead atoms. The van der Waals surface area contributed by atoms with E-state index in [1.54, 1.807) is 25.1 Å². The molecule has 1 aromatic rings. The number of allylic oxidation sites excluding steroid dienone is 1. The van der Waals surface area contributed by atoms with Crippen molar-refractivity contribution < 1.29 is 43.4 Å². The van der Waals surface area contributed by atoms with Crippen LogP contribution in [0.4, 0.5) is 0 Å². The minimum absolute atomic E-state index is 0.0657. The van der Waals surface area contributed by atoms with Crippen LogP contribution in [0.25, 0.3) is 0 Å². The van der Waals surface area contributed by atoms with Crippen molar-refractivity contribution in [1.82, 2.24) is 0 Å². The van der Waals surface area contributed by atoms with Gasteiger partial charge in [0.05, 0.1) is 30.4 Å². The number of carbonyl (C=O) groups excluding carboxylic acids is 3. The highest BCUT2D eigenvalue weighted by molar-refractivity contribution is 6.08. The van der Waals surface area contributed by atoms with E-state index in [9.17, 15) is 24.3 Å². The Balaban J connectivity index is 1.82. The largest absolute Gasteiger partial charge is 0.481 e. The Hall–Kier alpha value is -3.27. The molecule has 1 aromatic heterocycles. The summed E-state index contributed by atoms with van der Waals surface area (Å²) < 4.78 is 11.2. The number of oxime groups is 1. The summed E-state index contributed by atoms with van der Waals surface area (Å²) in [5.74, 6) is -2.63. The third-order valence-corrected chi connectivity index (χ3v) is 7.48. The lowest BCUT2D eigenvalue weighted by Crippen LogP contribution is -2.46. The van der Waals surface area contributed by atoms with E-state index in [2.05, 4.69) is 5.16 Å². The Morgan fingerprint density at radius 2 is 2.03 bits per heavy atom. The summed E-state index contributed by atoms with van der Waals surface area (Å²) in [4.78, 5) is 54.6. The lowest BCUT2D eigenvalue weighted by molar-refractivity contribution is -0.158. The minimum atomic E-state index is -1.26. The fourth-order valence-corrected chi connectivity index (χ4v) is 5.12. The standard InChI is InChI=1S/C28H37NO9/c1-4-16(2)28(35)38-25-10-9-23(29-37-15-20-6-5-11-36-20)22-14-24(32)17(3)21(27(22)25)8-7-18(30)12-19(31)13-26(33)34/h5-6,11,14,16-17,19,21,25,27,31H,4,7-10,12-13,15H2,1-3H3,(H,33,34)/b29-23+. The highest BCUT2D eigenvalue weighted by atomic mass is 16.6. The van der Waals surface area contributed by atoms with Gasteiger partial charge in [-0.25, -0.2) is 0 Å². The van der Waals surface area contributed by atoms with Crippen molar-refractivity contribution in [2.45, 2.75) is 84.5 Å². The van der Waals surface area contributed by atoms with Crippen LogP contribution < -0.4 is 0 Å². The summed E-state index contributed by atoms with van der Waals surface area (Å²) in [6.45, 7) is 5.65. The number of hydrogen-bond donors (Lipinski definition) is 2. The van der Waals surface area contributed by atoms with Crippen molar-refractivity contribution in [3.05, 3.63) is 35.8 Å². The number of ketones is 2. The van der Waals surface area contributed by atoms with Crippen LogP contribution in [-0.4, -0.2) is 51.6 Å². The first-order chi connectivity index (χ1) is 18.1. The van der Waals surface area contributed by atoms with Crippen molar-refractivity contribution in [2.75, 3.05) is 0 Å². The molecule has 6 atom stereocenters. The van der Waals surface area contributed by atoms with E-state index in [-0.39, 0.29) is 54.7 Å². The number of carbonyl (C=O) groups is 4. The summed E-state index contributed by atoms with van der Waals surface area (Å²) in [7, 11) is 0. The fourth-order valence-electron chi connectivity index (χ4n) is 5.12. The molecule has 0 spiro atoms. The predicted octanol–water partition coefficient (Wildman–Crippen LogP) is 3.86. The molecule has 208 valence electrons. The van der Waals surface area contributed by atoms with E-state index < -0.39 is 30.5 Å². The first kappa shape index (κ1) is 29.3. The molecule has 0 aliphatic heterocycles. The maximum Gasteiger partial charge on any atom is 0.308 e. The van der Waals surface area contributed by atoms with Gasteiger partial charge in [-0.05, 0) is 55.4 Å². The van der Waals surface area contributed by atoms with E-state index in [0.717, 1.165) is 0 Å². The molecule has 1 saturated carbocycles. The van der Waals surface area contributed by atoms with Gasteiger partial charge in [-0.1, -0.05) is 25.9 Å². The first-order valence-corrected chi connectivity index (χ1v) is 13.2. The van der Waals surface area contributed by atoms with Gasteiger partial charge >= 0.3 is 11.9 Å². The molecule has 0 radical (unpaired) electrons. The van der Waals surface area contributed by atoms with E-state index in [1.807, 2.05) is 13.8 Å². The third-order valence-electron chi connectivity index (χ3n) is 7.48. The van der Waals surface area contributed by atoms with E-state index in [0.29, 0.717) is 42.7 Å². The lowest BCUT2D eigenvalue weighted by atomic mass is 9.63. The van der Waals surface area contributed by atoms with Crippen molar-refractivity contribution in [3.8, 4) is 0 Å². The Kier molecular flexibility index (Phi) is 10.4. The number of carboxylic acids is 1. The number of nitrogens with zero attached hydrogens (tertiary/aromatic N) is 1. The summed E-state index contributed by atoms with van der Waals surface area (Å²) in [6, 6.07) is 3.51. The van der Waals surface area contributed by atoms with E-state index in [4.69, 9.17) is 19.1 Å². The van der Waals surface area contributed by atoms with Gasteiger partial charge in [-0.15, -0.1) is 0 Å². The van der Waals surface area contributed by atoms with Gasteiger partial charge in [0.2, 0.25) is 0 Å². The summed E-state index contributed by atoms with van der Waals surface area (Å²) in [6.07, 6.45) is 2.55. The van der Waals surface area contributed by atoms with Crippen molar-refractivity contribution in [1.29, 1.82) is 0 Å². The van der Waals surface area contributed by atoms with Gasteiger partial charge in [-0.2, -0.15) is 0 Å². The normalized spacial score (nSPS) is 25.7. The quantitative estimate of drug-likeness (QED) is 0.285. The van der Waals surface area contributed by atoms with Gasteiger partial charge in [0.25, 0.3) is 0 Å². The molecule has 10 heteroatoms. The Morgan fingerprint density at radius 1 is 1.26 bits per heavy atom. The highest BCUT2D eigenvalue weighted by Gasteiger charge is 2.46. The van der Waals surface area contributed by atoms with E-state index >= 15 is 0 Å². The van der Waals surface area contributed by atoms with Gasteiger partial charge in [0, 0.05) is 24.7 Å². The van der Waals surface area contributed by atoms with Crippen LogP contribution in [0, 0.1) is 23.7 Å². The van der Waals surface area contributed by atoms with Crippen molar-refractivity contribution in [3.63, 3.8) is 0 Å². The molecular formula is C28H37NO9. The molecular weight excluding hydrogens is 494 g/mol. The maximum atomic E-state index is 13.0. The van der Waals surface area contributed by atoms with Gasteiger partial charge in [0.1, 0.15) is 17.6 Å². The summed E-state index contributed by atoms with van der Waals surface area (Å²) in [5.41, 5.74) is 1.26. The van der Waals surface area contributed by atoms with Crippen LogP contribution in [0.5, 0.6) is 0 Å². The molecule has 10 nitrogen and oxygen atoms in total. The molecule has 2 aliphatic carbocycles.